The number of ether oxygens (including phenoxy) is 1. The van der Waals surface area contributed by atoms with Crippen molar-refractivity contribution in [2.45, 2.75) is 11.7 Å². The summed E-state index contributed by atoms with van der Waals surface area (Å²) >= 11 is 7.35. The first kappa shape index (κ1) is 17.5. The smallest absolute Gasteiger partial charge is 0.239 e. The molecule has 1 aliphatic heterocycles. The first-order valence-corrected chi connectivity index (χ1v) is 8.87. The molecular formula is C18H16ClN3O2S. The predicted molar refractivity (Wildman–Crippen MR) is 103 cm³/mol. The summed E-state index contributed by atoms with van der Waals surface area (Å²) in [4.78, 5) is 12.1. The topological polar surface area (TPSA) is 63.1 Å². The van der Waals surface area contributed by atoms with E-state index in [1.54, 1.807) is 13.3 Å². The lowest BCUT2D eigenvalue weighted by Crippen LogP contribution is -2.25. The maximum absolute atomic E-state index is 12.1. The summed E-state index contributed by atoms with van der Waals surface area (Å²) < 4.78 is 5.25. The molecule has 2 aromatic carbocycles. The molecule has 1 N–H and O–H groups in total. The minimum absolute atomic E-state index is 0.0729. The van der Waals surface area contributed by atoms with Crippen LogP contribution >= 0.6 is 23.4 Å². The second-order valence-electron chi connectivity index (χ2n) is 5.32. The highest BCUT2D eigenvalue weighted by molar-refractivity contribution is 8.15. The lowest BCUT2D eigenvalue weighted by molar-refractivity contribution is -0.118. The van der Waals surface area contributed by atoms with Crippen LogP contribution in [0, 0.1) is 0 Å². The summed E-state index contributed by atoms with van der Waals surface area (Å²) in [5, 5.41) is 11.8. The van der Waals surface area contributed by atoms with Gasteiger partial charge in [0.15, 0.2) is 5.17 Å². The summed E-state index contributed by atoms with van der Waals surface area (Å²) in [5.74, 6) is 0.643. The molecular weight excluding hydrogens is 358 g/mol. The van der Waals surface area contributed by atoms with Crippen molar-refractivity contribution < 1.29 is 9.53 Å². The van der Waals surface area contributed by atoms with Gasteiger partial charge in [-0.3, -0.25) is 4.79 Å². The largest absolute Gasteiger partial charge is 0.496 e. The van der Waals surface area contributed by atoms with Gasteiger partial charge in [0.05, 0.1) is 18.6 Å². The summed E-state index contributed by atoms with van der Waals surface area (Å²) in [5.41, 5.74) is 1.83. The number of halogens is 1. The molecule has 1 saturated heterocycles. The monoisotopic (exact) mass is 373 g/mol. The fourth-order valence-electron chi connectivity index (χ4n) is 2.38. The number of carbonyl (C=O) groups excluding carboxylic acids is 1. The zero-order valence-electron chi connectivity index (χ0n) is 13.5. The van der Waals surface area contributed by atoms with Crippen molar-refractivity contribution in [3.8, 4) is 5.75 Å². The van der Waals surface area contributed by atoms with Gasteiger partial charge >= 0.3 is 0 Å². The third-order valence-corrected chi connectivity index (χ3v) is 4.88. The number of nitrogens with one attached hydrogen (secondary N) is 1. The van der Waals surface area contributed by atoms with Crippen LogP contribution in [-0.4, -0.2) is 29.6 Å². The van der Waals surface area contributed by atoms with Crippen LogP contribution in [0.1, 0.15) is 11.1 Å². The maximum atomic E-state index is 12.1. The van der Waals surface area contributed by atoms with E-state index in [1.165, 1.54) is 11.8 Å². The second kappa shape index (κ2) is 8.18. The molecule has 0 aromatic heterocycles. The van der Waals surface area contributed by atoms with E-state index in [0.717, 1.165) is 11.1 Å². The van der Waals surface area contributed by atoms with Crippen LogP contribution in [0.3, 0.4) is 0 Å². The number of thioether (sulfide) groups is 1. The highest BCUT2D eigenvalue weighted by atomic mass is 35.5. The Morgan fingerprint density at radius 2 is 2.12 bits per heavy atom. The molecule has 3 rings (SSSR count). The van der Waals surface area contributed by atoms with E-state index in [-0.39, 0.29) is 11.2 Å². The normalized spacial score (nSPS) is 18.7. The zero-order valence-corrected chi connectivity index (χ0v) is 15.1. The molecule has 1 atom stereocenters. The van der Waals surface area contributed by atoms with Gasteiger partial charge in [-0.05, 0) is 36.2 Å². The Hall–Kier alpha value is -2.31. The summed E-state index contributed by atoms with van der Waals surface area (Å²) in [6.45, 7) is 0. The number of hydrogen-bond donors (Lipinski definition) is 1. The molecule has 0 saturated carbocycles. The average molecular weight is 374 g/mol. The van der Waals surface area contributed by atoms with Gasteiger partial charge in [-0.25, -0.2) is 0 Å². The summed E-state index contributed by atoms with van der Waals surface area (Å²) in [7, 11) is 1.60. The fraction of sp³-hybridized carbons (Fsp3) is 0.167. The van der Waals surface area contributed by atoms with E-state index in [9.17, 15) is 4.79 Å². The minimum atomic E-state index is -0.237. The van der Waals surface area contributed by atoms with Crippen molar-refractivity contribution in [3.63, 3.8) is 0 Å². The van der Waals surface area contributed by atoms with Crippen LogP contribution in [0.4, 0.5) is 0 Å². The van der Waals surface area contributed by atoms with Gasteiger partial charge in [-0.1, -0.05) is 47.6 Å². The SMILES string of the molecule is COc1ccccc1/C=N\N=C1/NC(=O)[C@H](Cc2cccc(Cl)c2)S1. The molecule has 5 nitrogen and oxygen atoms in total. The van der Waals surface area contributed by atoms with Crippen LogP contribution in [-0.2, 0) is 11.2 Å². The molecule has 0 unspecified atom stereocenters. The first-order valence-electron chi connectivity index (χ1n) is 7.61. The molecule has 1 fully saturated rings. The Kier molecular flexibility index (Phi) is 5.73. The van der Waals surface area contributed by atoms with Crippen molar-refractivity contribution in [2.75, 3.05) is 7.11 Å². The van der Waals surface area contributed by atoms with Gasteiger partial charge in [0.1, 0.15) is 5.75 Å². The highest BCUT2D eigenvalue weighted by Gasteiger charge is 2.30. The molecule has 1 heterocycles. The second-order valence-corrected chi connectivity index (χ2v) is 6.95. The molecule has 1 aliphatic rings. The lowest BCUT2D eigenvalue weighted by atomic mass is 10.1. The van der Waals surface area contributed by atoms with Gasteiger partial charge in [-0.15, -0.1) is 5.10 Å². The van der Waals surface area contributed by atoms with E-state index >= 15 is 0 Å². The number of methoxy groups -OCH3 is 1. The number of carbonyl (C=O) groups is 1. The van der Waals surface area contributed by atoms with Crippen LogP contribution in [0.15, 0.2) is 58.7 Å². The molecule has 0 radical (unpaired) electrons. The fourth-order valence-corrected chi connectivity index (χ4v) is 3.56. The van der Waals surface area contributed by atoms with Crippen molar-refractivity contribution in [1.82, 2.24) is 5.32 Å². The Labute approximate surface area is 155 Å². The quantitative estimate of drug-likeness (QED) is 0.644. The number of nitrogens with zero attached hydrogens (tertiary/aromatic N) is 2. The molecule has 7 heteroatoms. The van der Waals surface area contributed by atoms with Crippen molar-refractivity contribution in [1.29, 1.82) is 0 Å². The van der Waals surface area contributed by atoms with Crippen molar-refractivity contribution in [3.05, 3.63) is 64.7 Å². The van der Waals surface area contributed by atoms with Crippen LogP contribution in [0.5, 0.6) is 5.75 Å². The number of amides is 1. The highest BCUT2D eigenvalue weighted by Crippen LogP contribution is 2.24. The van der Waals surface area contributed by atoms with Gasteiger partial charge in [0.25, 0.3) is 0 Å². The van der Waals surface area contributed by atoms with E-state index in [2.05, 4.69) is 15.5 Å². The van der Waals surface area contributed by atoms with Crippen LogP contribution in [0.25, 0.3) is 0 Å². The number of para-hydroxylation sites is 1. The average Bonchev–Trinajstić information content (AvgIpc) is 2.95. The molecule has 128 valence electrons. The van der Waals surface area contributed by atoms with Crippen LogP contribution < -0.4 is 10.1 Å². The first-order chi connectivity index (χ1) is 12.2. The van der Waals surface area contributed by atoms with E-state index in [0.29, 0.717) is 22.4 Å². The van der Waals surface area contributed by atoms with E-state index in [1.807, 2.05) is 48.5 Å². The molecule has 2 aromatic rings. The Balaban J connectivity index is 1.65. The Morgan fingerprint density at radius 1 is 1.28 bits per heavy atom. The third kappa shape index (κ3) is 4.61. The molecule has 1 amide bonds. The third-order valence-electron chi connectivity index (χ3n) is 3.57. The summed E-state index contributed by atoms with van der Waals surface area (Å²) in [6, 6.07) is 15.0. The summed E-state index contributed by atoms with van der Waals surface area (Å²) in [6.07, 6.45) is 2.19. The van der Waals surface area contributed by atoms with E-state index in [4.69, 9.17) is 16.3 Å². The van der Waals surface area contributed by atoms with Gasteiger partial charge in [-0.2, -0.15) is 5.10 Å². The molecule has 0 spiro atoms. The number of rotatable bonds is 5. The molecule has 0 aliphatic carbocycles. The van der Waals surface area contributed by atoms with Crippen molar-refractivity contribution >= 4 is 40.7 Å². The predicted octanol–water partition coefficient (Wildman–Crippen LogP) is 3.51. The lowest BCUT2D eigenvalue weighted by Gasteiger charge is -2.05. The van der Waals surface area contributed by atoms with Gasteiger partial charge in [0.2, 0.25) is 5.91 Å². The standard InChI is InChI=1S/C18H16ClN3O2S/c1-24-15-8-3-2-6-13(15)11-20-22-18-21-17(23)16(25-18)10-12-5-4-7-14(19)9-12/h2-9,11,16H,10H2,1H3,(H,21,22,23)/b20-11-/t16-/m0/s1. The number of benzene rings is 2. The van der Waals surface area contributed by atoms with Gasteiger partial charge in [0, 0.05) is 10.6 Å². The molecule has 25 heavy (non-hydrogen) atoms. The van der Waals surface area contributed by atoms with Gasteiger partial charge < -0.3 is 10.1 Å². The Morgan fingerprint density at radius 3 is 2.92 bits per heavy atom. The zero-order chi connectivity index (χ0) is 17.6. The minimum Gasteiger partial charge on any atom is -0.496 e. The maximum Gasteiger partial charge on any atom is 0.239 e. The molecule has 0 bridgehead atoms. The van der Waals surface area contributed by atoms with Crippen molar-refractivity contribution in [2.24, 2.45) is 10.2 Å². The van der Waals surface area contributed by atoms with E-state index < -0.39 is 0 Å². The Bertz CT molecular complexity index is 839. The number of hydrogen-bond acceptors (Lipinski definition) is 5. The number of amidine groups is 1. The van der Waals surface area contributed by atoms with Crippen LogP contribution in [0.2, 0.25) is 5.02 Å².